The molecule has 3 aliphatic carbocycles. The lowest BCUT2D eigenvalue weighted by molar-refractivity contribution is -0.112. The molecular formula is C20H14N2O. The first-order valence-electron chi connectivity index (χ1n) is 7.75. The number of nitrogens with zero attached hydrogens (tertiary/aromatic N) is 1. The number of hydrogen-bond acceptors (Lipinski definition) is 2. The first-order valence-corrected chi connectivity index (χ1v) is 7.75. The zero-order valence-electron chi connectivity index (χ0n) is 12.7. The van der Waals surface area contributed by atoms with Crippen LogP contribution < -0.4 is 5.32 Å². The molecule has 3 aliphatic rings. The molecule has 1 heterocycles. The van der Waals surface area contributed by atoms with E-state index in [1.54, 1.807) is 0 Å². The van der Waals surface area contributed by atoms with Crippen molar-refractivity contribution < 1.29 is 4.79 Å². The minimum atomic E-state index is -0.0549. The van der Waals surface area contributed by atoms with Gasteiger partial charge in [0.2, 0.25) is 0 Å². The van der Waals surface area contributed by atoms with Gasteiger partial charge in [0.15, 0.2) is 0 Å². The Hall–Kier alpha value is -2.94. The van der Waals surface area contributed by atoms with Gasteiger partial charge in [-0.1, -0.05) is 24.3 Å². The molecule has 2 aromatic rings. The number of nitrogens with one attached hydrogen (secondary N) is 1. The van der Waals surface area contributed by atoms with E-state index in [2.05, 4.69) is 22.5 Å². The quantitative estimate of drug-likeness (QED) is 0.911. The van der Waals surface area contributed by atoms with Crippen LogP contribution in [0.2, 0.25) is 0 Å². The van der Waals surface area contributed by atoms with Crippen LogP contribution in [0, 0.1) is 6.92 Å². The normalized spacial score (nSPS) is 17.5. The monoisotopic (exact) mass is 298 g/mol. The third-order valence-corrected chi connectivity index (χ3v) is 4.61. The highest BCUT2D eigenvalue weighted by atomic mass is 16.1. The Bertz CT molecular complexity index is 1030. The molecule has 3 heteroatoms. The molecule has 23 heavy (non-hydrogen) atoms. The molecule has 3 nitrogen and oxygen atoms in total. The zero-order chi connectivity index (χ0) is 15.6. The van der Waals surface area contributed by atoms with E-state index in [1.165, 1.54) is 16.7 Å². The molecule has 1 aromatic heterocycles. The van der Waals surface area contributed by atoms with Crippen molar-refractivity contribution in [3.63, 3.8) is 0 Å². The number of benzene rings is 1. The zero-order valence-corrected chi connectivity index (χ0v) is 12.7. The van der Waals surface area contributed by atoms with Crippen molar-refractivity contribution in [1.29, 1.82) is 0 Å². The Morgan fingerprint density at radius 1 is 1.17 bits per heavy atom. The Morgan fingerprint density at radius 2 is 2.04 bits per heavy atom. The Balaban J connectivity index is 1.55. The number of aryl methyl sites for hydroxylation is 1. The fraction of sp³-hybridized carbons (Fsp3) is 0.100. The van der Waals surface area contributed by atoms with Crippen LogP contribution in [0.4, 0.5) is 5.69 Å². The molecule has 0 unspecified atom stereocenters. The molecule has 1 saturated carbocycles. The summed E-state index contributed by atoms with van der Waals surface area (Å²) in [5.74, 6) is -0.0549. The summed E-state index contributed by atoms with van der Waals surface area (Å²) in [6, 6.07) is 9.80. The van der Waals surface area contributed by atoms with Crippen molar-refractivity contribution in [2.75, 3.05) is 5.32 Å². The average molecular weight is 298 g/mol. The highest BCUT2D eigenvalue weighted by Gasteiger charge is 2.35. The number of para-hydroxylation sites is 1. The van der Waals surface area contributed by atoms with Crippen LogP contribution in [-0.2, 0) is 4.79 Å². The van der Waals surface area contributed by atoms with Crippen LogP contribution in [0.15, 0.2) is 76.4 Å². The van der Waals surface area contributed by atoms with E-state index in [0.29, 0.717) is 0 Å². The van der Waals surface area contributed by atoms with Gasteiger partial charge in [0.25, 0.3) is 5.91 Å². The van der Waals surface area contributed by atoms with Gasteiger partial charge in [0, 0.05) is 16.7 Å². The molecular weight excluding hydrogens is 284 g/mol. The summed E-state index contributed by atoms with van der Waals surface area (Å²) < 4.78 is 0. The lowest BCUT2D eigenvalue weighted by Gasteiger charge is -2.10. The van der Waals surface area contributed by atoms with Gasteiger partial charge in [-0.3, -0.25) is 9.78 Å². The number of hydrogen-bond donors (Lipinski definition) is 1. The lowest BCUT2D eigenvalue weighted by atomic mass is 10.1. The van der Waals surface area contributed by atoms with Crippen molar-refractivity contribution in [3.8, 4) is 0 Å². The number of amides is 1. The Kier molecular flexibility index (Phi) is 2.35. The van der Waals surface area contributed by atoms with Gasteiger partial charge >= 0.3 is 0 Å². The summed E-state index contributed by atoms with van der Waals surface area (Å²) in [7, 11) is 0. The summed E-state index contributed by atoms with van der Waals surface area (Å²) in [5, 5.41) is 4.03. The van der Waals surface area contributed by atoms with Crippen molar-refractivity contribution >= 4 is 22.5 Å². The molecule has 0 spiro atoms. The van der Waals surface area contributed by atoms with Crippen molar-refractivity contribution in [1.82, 2.24) is 4.98 Å². The van der Waals surface area contributed by atoms with E-state index in [0.717, 1.165) is 39.9 Å². The number of anilines is 1. The molecule has 5 rings (SSSR count). The predicted octanol–water partition coefficient (Wildman–Crippen LogP) is 3.99. The van der Waals surface area contributed by atoms with E-state index in [4.69, 9.17) is 0 Å². The van der Waals surface area contributed by atoms with Crippen LogP contribution in [-0.4, -0.2) is 10.9 Å². The highest BCUT2D eigenvalue weighted by Crippen LogP contribution is 2.51. The minimum Gasteiger partial charge on any atom is -0.321 e. The van der Waals surface area contributed by atoms with E-state index in [-0.39, 0.29) is 5.91 Å². The van der Waals surface area contributed by atoms with Gasteiger partial charge in [-0.2, -0.15) is 0 Å². The number of pyridine rings is 1. The molecule has 1 amide bonds. The van der Waals surface area contributed by atoms with Crippen LogP contribution >= 0.6 is 0 Å². The number of aromatic nitrogens is 1. The summed E-state index contributed by atoms with van der Waals surface area (Å²) in [4.78, 5) is 17.3. The summed E-state index contributed by atoms with van der Waals surface area (Å²) >= 11 is 0. The molecule has 0 bridgehead atoms. The number of carbonyl (C=O) groups excluding carboxylic acids is 1. The molecule has 0 radical (unpaired) electrons. The van der Waals surface area contributed by atoms with E-state index >= 15 is 0 Å². The standard InChI is InChI=1S/C20H14N2O/c1-11-8-19(15-4-2-3-5-18(15)21-11)22-20(23)14-7-6-13-16-9-12(16)10-17(13)14/h2-8,10H,9H2,1H3,(H,21,22,23). The van der Waals surface area contributed by atoms with E-state index in [9.17, 15) is 4.79 Å². The number of rotatable bonds is 2. The van der Waals surface area contributed by atoms with Crippen LogP contribution in [0.25, 0.3) is 10.9 Å². The second-order valence-corrected chi connectivity index (χ2v) is 6.18. The van der Waals surface area contributed by atoms with Gasteiger partial charge in [-0.25, -0.2) is 0 Å². The smallest absolute Gasteiger partial charge is 0.256 e. The van der Waals surface area contributed by atoms with Crippen LogP contribution in [0.1, 0.15) is 12.1 Å². The topological polar surface area (TPSA) is 42.0 Å². The Morgan fingerprint density at radius 3 is 2.96 bits per heavy atom. The largest absolute Gasteiger partial charge is 0.321 e. The second kappa shape index (κ2) is 4.29. The van der Waals surface area contributed by atoms with Gasteiger partial charge in [0.05, 0.1) is 11.2 Å². The van der Waals surface area contributed by atoms with Crippen LogP contribution in [0.5, 0.6) is 0 Å². The maximum atomic E-state index is 12.7. The van der Waals surface area contributed by atoms with Gasteiger partial charge in [-0.15, -0.1) is 0 Å². The molecule has 110 valence electrons. The van der Waals surface area contributed by atoms with Gasteiger partial charge in [-0.05, 0) is 59.9 Å². The molecule has 1 fully saturated rings. The molecule has 0 atom stereocenters. The molecule has 1 aromatic carbocycles. The number of fused-ring (bicyclic) bond motifs is 3. The fourth-order valence-corrected chi connectivity index (χ4v) is 3.44. The summed E-state index contributed by atoms with van der Waals surface area (Å²) in [6.07, 6.45) is 7.22. The van der Waals surface area contributed by atoms with E-state index < -0.39 is 0 Å². The van der Waals surface area contributed by atoms with Crippen molar-refractivity contribution in [2.45, 2.75) is 13.3 Å². The number of carbonyl (C=O) groups is 1. The predicted molar refractivity (Wildman–Crippen MR) is 91.0 cm³/mol. The van der Waals surface area contributed by atoms with Crippen LogP contribution in [0.3, 0.4) is 0 Å². The maximum Gasteiger partial charge on any atom is 0.256 e. The molecule has 0 aliphatic heterocycles. The minimum absolute atomic E-state index is 0.0549. The lowest BCUT2D eigenvalue weighted by Crippen LogP contribution is -2.14. The van der Waals surface area contributed by atoms with E-state index in [1.807, 2.05) is 43.3 Å². The Labute approximate surface area is 133 Å². The third-order valence-electron chi connectivity index (χ3n) is 4.61. The number of allylic oxidation sites excluding steroid dienone is 6. The average Bonchev–Trinajstić information content (AvgIpc) is 3.02. The van der Waals surface area contributed by atoms with Gasteiger partial charge < -0.3 is 5.32 Å². The SMILES string of the molecule is Cc1cc(NC(=O)C2=C3C=C4CC4=C3C=C2)c2ccccc2n1. The summed E-state index contributed by atoms with van der Waals surface area (Å²) in [5.41, 5.74) is 8.47. The van der Waals surface area contributed by atoms with Crippen molar-refractivity contribution in [2.24, 2.45) is 0 Å². The first kappa shape index (κ1) is 12.6. The van der Waals surface area contributed by atoms with Crippen molar-refractivity contribution in [3.05, 3.63) is 82.1 Å². The molecule has 1 N–H and O–H groups in total. The molecule has 0 saturated heterocycles. The first-order chi connectivity index (χ1) is 11.2. The van der Waals surface area contributed by atoms with Gasteiger partial charge in [0.1, 0.15) is 0 Å². The third kappa shape index (κ3) is 1.83. The summed E-state index contributed by atoms with van der Waals surface area (Å²) in [6.45, 7) is 1.94. The second-order valence-electron chi connectivity index (χ2n) is 6.18. The fourth-order valence-electron chi connectivity index (χ4n) is 3.44. The highest BCUT2D eigenvalue weighted by molar-refractivity contribution is 6.12. The maximum absolute atomic E-state index is 12.7.